The molecule has 1 atom stereocenters. The zero-order chi connectivity index (χ0) is 16.2. The molecule has 0 fully saturated rings. The molecule has 116 valence electrons. The highest BCUT2D eigenvalue weighted by Crippen LogP contribution is 2.40. The summed E-state index contributed by atoms with van der Waals surface area (Å²) in [5.41, 5.74) is 1.60. The summed E-state index contributed by atoms with van der Waals surface area (Å²) in [6, 6.07) is 1.39. The van der Waals surface area contributed by atoms with Crippen molar-refractivity contribution in [3.63, 3.8) is 0 Å². The zero-order valence-electron chi connectivity index (χ0n) is 13.4. The fourth-order valence-corrected chi connectivity index (χ4v) is 2.03. The fraction of sp³-hybridized carbons (Fsp3) is 0.471. The van der Waals surface area contributed by atoms with E-state index in [1.807, 2.05) is 26.8 Å². The predicted molar refractivity (Wildman–Crippen MR) is 83.2 cm³/mol. The number of hydrogen-bond acceptors (Lipinski definition) is 4. The monoisotopic (exact) mass is 292 g/mol. The van der Waals surface area contributed by atoms with Crippen LogP contribution in [-0.2, 0) is 6.42 Å². The number of methoxy groups -OCH3 is 1. The van der Waals surface area contributed by atoms with Crippen molar-refractivity contribution in [2.45, 2.75) is 40.5 Å². The minimum atomic E-state index is -0.258. The molecule has 0 spiro atoms. The first-order chi connectivity index (χ1) is 9.83. The number of aromatic hydroxyl groups is 2. The van der Waals surface area contributed by atoms with Gasteiger partial charge < -0.3 is 14.9 Å². The van der Waals surface area contributed by atoms with Crippen LogP contribution in [0, 0.1) is 5.92 Å². The van der Waals surface area contributed by atoms with Gasteiger partial charge in [-0.25, -0.2) is 0 Å². The summed E-state index contributed by atoms with van der Waals surface area (Å²) in [6.45, 7) is 7.58. The van der Waals surface area contributed by atoms with Gasteiger partial charge >= 0.3 is 0 Å². The lowest BCUT2D eigenvalue weighted by Crippen LogP contribution is -2.12. The molecular weight excluding hydrogens is 268 g/mol. The molecule has 0 saturated heterocycles. The standard InChI is InChI=1S/C17H24O4/c1-6-11(4)16(19)15-13(18)9-14(21-5)12(17(15)20)8-7-10(2)3/h7,9,11,18,20H,6,8H2,1-5H3/t11-/m1/s1. The highest BCUT2D eigenvalue weighted by Gasteiger charge is 2.25. The van der Waals surface area contributed by atoms with E-state index in [4.69, 9.17) is 4.74 Å². The smallest absolute Gasteiger partial charge is 0.173 e. The molecule has 1 aromatic rings. The Kier molecular flexibility index (Phi) is 5.82. The first kappa shape index (κ1) is 17.1. The number of rotatable bonds is 6. The number of ether oxygens (including phenoxy) is 1. The minimum Gasteiger partial charge on any atom is -0.507 e. The maximum absolute atomic E-state index is 12.3. The molecule has 0 aliphatic heterocycles. The Morgan fingerprint density at radius 1 is 1.38 bits per heavy atom. The van der Waals surface area contributed by atoms with Crippen LogP contribution < -0.4 is 4.74 Å². The molecule has 0 saturated carbocycles. The number of ketones is 1. The number of Topliss-reactive ketones (excluding diaryl/α,β-unsaturated/α-hetero) is 1. The van der Waals surface area contributed by atoms with Crippen molar-refractivity contribution in [2.75, 3.05) is 7.11 Å². The summed E-state index contributed by atoms with van der Waals surface area (Å²) < 4.78 is 5.20. The third kappa shape index (κ3) is 3.78. The van der Waals surface area contributed by atoms with Gasteiger partial charge in [-0.05, 0) is 26.7 Å². The van der Waals surface area contributed by atoms with E-state index in [1.54, 1.807) is 6.92 Å². The van der Waals surface area contributed by atoms with E-state index in [1.165, 1.54) is 13.2 Å². The first-order valence-electron chi connectivity index (χ1n) is 7.12. The van der Waals surface area contributed by atoms with Crippen molar-refractivity contribution in [1.29, 1.82) is 0 Å². The molecule has 0 bridgehead atoms. The van der Waals surface area contributed by atoms with E-state index in [0.717, 1.165) is 5.57 Å². The number of carbonyl (C=O) groups excluding carboxylic acids is 1. The number of hydrogen-bond donors (Lipinski definition) is 2. The largest absolute Gasteiger partial charge is 0.507 e. The van der Waals surface area contributed by atoms with Gasteiger partial charge in [-0.1, -0.05) is 25.5 Å². The Morgan fingerprint density at radius 3 is 2.48 bits per heavy atom. The summed E-state index contributed by atoms with van der Waals surface area (Å²) in [7, 11) is 1.47. The van der Waals surface area contributed by atoms with Gasteiger partial charge in [0, 0.05) is 17.5 Å². The highest BCUT2D eigenvalue weighted by atomic mass is 16.5. The number of allylic oxidation sites excluding steroid dienone is 2. The molecule has 2 N–H and O–H groups in total. The second-order valence-corrected chi connectivity index (χ2v) is 5.46. The summed E-state index contributed by atoms with van der Waals surface area (Å²) in [5, 5.41) is 20.5. The summed E-state index contributed by atoms with van der Waals surface area (Å²) in [6.07, 6.45) is 3.03. The summed E-state index contributed by atoms with van der Waals surface area (Å²) >= 11 is 0. The molecule has 0 aliphatic carbocycles. The van der Waals surface area contributed by atoms with Gasteiger partial charge in [0.15, 0.2) is 5.78 Å². The molecule has 4 heteroatoms. The zero-order valence-corrected chi connectivity index (χ0v) is 13.4. The lowest BCUT2D eigenvalue weighted by atomic mass is 9.92. The molecule has 1 aromatic carbocycles. The van der Waals surface area contributed by atoms with Gasteiger partial charge in [-0.3, -0.25) is 4.79 Å². The van der Waals surface area contributed by atoms with E-state index < -0.39 is 0 Å². The third-order valence-corrected chi connectivity index (χ3v) is 3.58. The molecule has 4 nitrogen and oxygen atoms in total. The maximum atomic E-state index is 12.3. The van der Waals surface area contributed by atoms with Gasteiger partial charge in [-0.2, -0.15) is 0 Å². The minimum absolute atomic E-state index is 0.0118. The number of phenols is 2. The van der Waals surface area contributed by atoms with Gasteiger partial charge in [0.05, 0.1) is 7.11 Å². The molecule has 1 rings (SSSR count). The van der Waals surface area contributed by atoms with Crippen LogP contribution in [0.15, 0.2) is 17.7 Å². The molecule has 0 unspecified atom stereocenters. The average Bonchev–Trinajstić information content (AvgIpc) is 2.44. The quantitative estimate of drug-likeness (QED) is 0.617. The maximum Gasteiger partial charge on any atom is 0.173 e. The molecule has 0 radical (unpaired) electrons. The Morgan fingerprint density at radius 2 is 2.00 bits per heavy atom. The Labute approximate surface area is 126 Å². The van der Waals surface area contributed by atoms with Crippen molar-refractivity contribution in [2.24, 2.45) is 5.92 Å². The predicted octanol–water partition coefficient (Wildman–Crippen LogP) is 3.84. The van der Waals surface area contributed by atoms with Crippen LogP contribution in [0.5, 0.6) is 17.2 Å². The SMILES string of the molecule is CC[C@@H](C)C(=O)c1c(O)cc(OC)c(CC=C(C)C)c1O. The normalized spacial score (nSPS) is 11.9. The second-order valence-electron chi connectivity index (χ2n) is 5.46. The highest BCUT2D eigenvalue weighted by molar-refractivity contribution is 6.03. The van der Waals surface area contributed by atoms with Crippen molar-refractivity contribution in [3.8, 4) is 17.2 Å². The lowest BCUT2D eigenvalue weighted by Gasteiger charge is -2.16. The average molecular weight is 292 g/mol. The first-order valence-corrected chi connectivity index (χ1v) is 7.12. The lowest BCUT2D eigenvalue weighted by molar-refractivity contribution is 0.0921. The van der Waals surface area contributed by atoms with Crippen LogP contribution in [-0.4, -0.2) is 23.1 Å². The van der Waals surface area contributed by atoms with E-state index in [2.05, 4.69) is 0 Å². The van der Waals surface area contributed by atoms with Crippen LogP contribution in [0.3, 0.4) is 0 Å². The van der Waals surface area contributed by atoms with E-state index >= 15 is 0 Å². The van der Waals surface area contributed by atoms with Crippen LogP contribution in [0.1, 0.15) is 50.0 Å². The second kappa shape index (κ2) is 7.16. The van der Waals surface area contributed by atoms with Crippen molar-refractivity contribution < 1.29 is 19.7 Å². The van der Waals surface area contributed by atoms with Crippen molar-refractivity contribution in [3.05, 3.63) is 28.8 Å². The molecule has 0 heterocycles. The van der Waals surface area contributed by atoms with Crippen LogP contribution >= 0.6 is 0 Å². The molecule has 0 amide bonds. The van der Waals surface area contributed by atoms with Crippen molar-refractivity contribution in [1.82, 2.24) is 0 Å². The van der Waals surface area contributed by atoms with E-state index in [-0.39, 0.29) is 28.8 Å². The van der Waals surface area contributed by atoms with E-state index in [0.29, 0.717) is 24.2 Å². The Bertz CT molecular complexity index is 554. The van der Waals surface area contributed by atoms with Crippen LogP contribution in [0.2, 0.25) is 0 Å². The van der Waals surface area contributed by atoms with Gasteiger partial charge in [0.2, 0.25) is 0 Å². The van der Waals surface area contributed by atoms with Crippen molar-refractivity contribution >= 4 is 5.78 Å². The Balaban J connectivity index is 3.43. The van der Waals surface area contributed by atoms with E-state index in [9.17, 15) is 15.0 Å². The number of benzene rings is 1. The molecule has 21 heavy (non-hydrogen) atoms. The van der Waals surface area contributed by atoms with Crippen LogP contribution in [0.25, 0.3) is 0 Å². The summed E-state index contributed by atoms with van der Waals surface area (Å²) in [5.74, 6) is -0.562. The molecule has 0 aromatic heterocycles. The summed E-state index contributed by atoms with van der Waals surface area (Å²) in [4.78, 5) is 12.3. The molecule has 0 aliphatic rings. The topological polar surface area (TPSA) is 66.8 Å². The van der Waals surface area contributed by atoms with Gasteiger partial charge in [-0.15, -0.1) is 0 Å². The third-order valence-electron chi connectivity index (χ3n) is 3.58. The van der Waals surface area contributed by atoms with Gasteiger partial charge in [0.1, 0.15) is 22.8 Å². The fourth-order valence-electron chi connectivity index (χ4n) is 2.03. The van der Waals surface area contributed by atoms with Gasteiger partial charge in [0.25, 0.3) is 0 Å². The molecular formula is C17H24O4. The van der Waals surface area contributed by atoms with Crippen LogP contribution in [0.4, 0.5) is 0 Å². The Hall–Kier alpha value is -1.97. The number of carbonyl (C=O) groups is 1. The number of phenolic OH excluding ortho intramolecular Hbond substituents is 2.